The van der Waals surface area contributed by atoms with Crippen LogP contribution in [-0.2, 0) is 4.79 Å². The number of halogens is 1. The average Bonchev–Trinajstić information content (AvgIpc) is 2.37. The number of amides is 1. The minimum Gasteiger partial charge on any atom is -0.351 e. The van der Waals surface area contributed by atoms with E-state index in [2.05, 4.69) is 19.2 Å². The second-order valence-corrected chi connectivity index (χ2v) is 7.50. The number of carbonyl (C=O) groups excluding carboxylic acids is 1. The predicted octanol–water partition coefficient (Wildman–Crippen LogP) is 4.12. The van der Waals surface area contributed by atoms with Gasteiger partial charge in [0, 0.05) is 17.3 Å². The molecule has 2 aliphatic rings. The maximum atomic E-state index is 12.4. The molecule has 2 nitrogen and oxygen atoms in total. The Morgan fingerprint density at radius 2 is 1.84 bits per heavy atom. The molecule has 0 spiro atoms. The van der Waals surface area contributed by atoms with Crippen molar-refractivity contribution in [3.05, 3.63) is 0 Å². The Kier molecular flexibility index (Phi) is 5.16. The van der Waals surface area contributed by atoms with Crippen molar-refractivity contribution in [2.75, 3.05) is 5.88 Å². The van der Waals surface area contributed by atoms with Crippen molar-refractivity contribution >= 4 is 17.5 Å². The third-order valence-corrected chi connectivity index (χ3v) is 5.28. The van der Waals surface area contributed by atoms with Gasteiger partial charge in [-0.2, -0.15) is 0 Å². The lowest BCUT2D eigenvalue weighted by Crippen LogP contribution is -2.47. The van der Waals surface area contributed by atoms with E-state index in [1.165, 1.54) is 32.1 Å². The molecule has 0 aromatic rings. The molecular formula is C16H28ClNO. The van der Waals surface area contributed by atoms with Gasteiger partial charge >= 0.3 is 0 Å². The van der Waals surface area contributed by atoms with Gasteiger partial charge in [-0.05, 0) is 51.4 Å². The molecule has 2 rings (SSSR count). The summed E-state index contributed by atoms with van der Waals surface area (Å²) in [7, 11) is 0. The van der Waals surface area contributed by atoms with Crippen LogP contribution in [0.5, 0.6) is 0 Å². The van der Waals surface area contributed by atoms with Crippen molar-refractivity contribution in [2.24, 2.45) is 17.8 Å². The molecule has 2 fully saturated rings. The number of nitrogens with one attached hydrogen (secondary N) is 1. The first-order chi connectivity index (χ1) is 9.02. The minimum absolute atomic E-state index is 0.164. The molecular weight excluding hydrogens is 258 g/mol. The normalized spacial score (nSPS) is 31.6. The molecule has 110 valence electrons. The van der Waals surface area contributed by atoms with E-state index < -0.39 is 0 Å². The number of carbonyl (C=O) groups is 1. The highest BCUT2D eigenvalue weighted by Crippen LogP contribution is 2.42. The van der Waals surface area contributed by atoms with Crippen molar-refractivity contribution in [3.8, 4) is 0 Å². The molecule has 3 heteroatoms. The largest absolute Gasteiger partial charge is 0.351 e. The van der Waals surface area contributed by atoms with E-state index in [0.29, 0.717) is 5.88 Å². The zero-order valence-electron chi connectivity index (χ0n) is 12.4. The van der Waals surface area contributed by atoms with Gasteiger partial charge in [-0.15, -0.1) is 11.6 Å². The van der Waals surface area contributed by atoms with Crippen molar-refractivity contribution in [3.63, 3.8) is 0 Å². The highest BCUT2D eigenvalue weighted by Gasteiger charge is 2.36. The van der Waals surface area contributed by atoms with Crippen LogP contribution in [0, 0.1) is 17.8 Å². The van der Waals surface area contributed by atoms with E-state index in [1.807, 2.05) is 0 Å². The number of rotatable bonds is 4. The van der Waals surface area contributed by atoms with E-state index in [4.69, 9.17) is 11.6 Å². The summed E-state index contributed by atoms with van der Waals surface area (Å²) in [4.78, 5) is 12.4. The summed E-state index contributed by atoms with van der Waals surface area (Å²) in [6.45, 7) is 4.14. The highest BCUT2D eigenvalue weighted by atomic mass is 35.5. The van der Waals surface area contributed by atoms with Crippen molar-refractivity contribution < 1.29 is 4.79 Å². The fraction of sp³-hybridized carbons (Fsp3) is 0.938. The molecule has 0 radical (unpaired) electrons. The van der Waals surface area contributed by atoms with Crippen LogP contribution in [0.3, 0.4) is 0 Å². The van der Waals surface area contributed by atoms with Gasteiger partial charge in [-0.1, -0.05) is 25.7 Å². The molecule has 19 heavy (non-hydrogen) atoms. The lowest BCUT2D eigenvalue weighted by molar-refractivity contribution is -0.128. The van der Waals surface area contributed by atoms with Crippen LogP contribution in [-0.4, -0.2) is 17.3 Å². The standard InChI is InChI=1S/C16H28ClNO/c1-16(2,9-10-17)18-15(19)14-8-7-12-5-3-4-6-13(12)11-14/h12-14H,3-11H2,1-2H3,(H,18,19). The summed E-state index contributed by atoms with van der Waals surface area (Å²) < 4.78 is 0. The van der Waals surface area contributed by atoms with Gasteiger partial charge in [0.2, 0.25) is 5.91 Å². The number of fused-ring (bicyclic) bond motifs is 1. The summed E-state index contributed by atoms with van der Waals surface area (Å²) in [5.74, 6) is 2.83. The highest BCUT2D eigenvalue weighted by molar-refractivity contribution is 6.17. The molecule has 3 unspecified atom stereocenters. The van der Waals surface area contributed by atoms with Gasteiger partial charge in [0.1, 0.15) is 0 Å². The summed E-state index contributed by atoms with van der Waals surface area (Å²) in [5, 5.41) is 3.20. The summed E-state index contributed by atoms with van der Waals surface area (Å²) in [5.41, 5.74) is -0.164. The quantitative estimate of drug-likeness (QED) is 0.774. The third kappa shape index (κ3) is 4.11. The summed E-state index contributed by atoms with van der Waals surface area (Å²) in [6.07, 6.45) is 9.82. The third-order valence-electron chi connectivity index (χ3n) is 5.09. The zero-order valence-corrected chi connectivity index (χ0v) is 13.1. The first-order valence-corrected chi connectivity index (χ1v) is 8.43. The molecule has 0 aliphatic heterocycles. The van der Waals surface area contributed by atoms with Gasteiger partial charge < -0.3 is 5.32 Å². The van der Waals surface area contributed by atoms with E-state index >= 15 is 0 Å². The molecule has 0 aromatic carbocycles. The maximum absolute atomic E-state index is 12.4. The number of alkyl halides is 1. The summed E-state index contributed by atoms with van der Waals surface area (Å²) >= 11 is 5.80. The molecule has 1 N–H and O–H groups in total. The van der Waals surface area contributed by atoms with Gasteiger partial charge in [-0.25, -0.2) is 0 Å². The molecule has 0 saturated heterocycles. The predicted molar refractivity (Wildman–Crippen MR) is 80.3 cm³/mol. The van der Waals surface area contributed by atoms with Crippen LogP contribution in [0.25, 0.3) is 0 Å². The topological polar surface area (TPSA) is 29.1 Å². The van der Waals surface area contributed by atoms with E-state index in [-0.39, 0.29) is 17.4 Å². The lowest BCUT2D eigenvalue weighted by atomic mass is 9.67. The monoisotopic (exact) mass is 285 g/mol. The molecule has 0 heterocycles. The maximum Gasteiger partial charge on any atom is 0.223 e. The smallest absolute Gasteiger partial charge is 0.223 e. The lowest BCUT2D eigenvalue weighted by Gasteiger charge is -2.39. The molecule has 0 bridgehead atoms. The van der Waals surface area contributed by atoms with Crippen LogP contribution in [0.4, 0.5) is 0 Å². The second kappa shape index (κ2) is 6.47. The van der Waals surface area contributed by atoms with Crippen molar-refractivity contribution in [1.29, 1.82) is 0 Å². The van der Waals surface area contributed by atoms with Crippen LogP contribution in [0.2, 0.25) is 0 Å². The molecule has 2 aliphatic carbocycles. The van der Waals surface area contributed by atoms with Crippen LogP contribution < -0.4 is 5.32 Å². The fourth-order valence-electron chi connectivity index (χ4n) is 3.85. The van der Waals surface area contributed by atoms with Crippen LogP contribution >= 0.6 is 11.6 Å². The average molecular weight is 286 g/mol. The zero-order chi connectivity index (χ0) is 13.9. The van der Waals surface area contributed by atoms with E-state index in [0.717, 1.165) is 31.1 Å². The number of hydrogen-bond acceptors (Lipinski definition) is 1. The Morgan fingerprint density at radius 3 is 2.53 bits per heavy atom. The van der Waals surface area contributed by atoms with Crippen LogP contribution in [0.1, 0.15) is 65.2 Å². The van der Waals surface area contributed by atoms with E-state index in [1.54, 1.807) is 0 Å². The summed E-state index contributed by atoms with van der Waals surface area (Å²) in [6, 6.07) is 0. The minimum atomic E-state index is -0.164. The van der Waals surface area contributed by atoms with Gasteiger partial charge in [0.05, 0.1) is 0 Å². The fourth-order valence-corrected chi connectivity index (χ4v) is 4.32. The Balaban J connectivity index is 1.86. The molecule has 3 atom stereocenters. The Morgan fingerprint density at radius 1 is 1.16 bits per heavy atom. The van der Waals surface area contributed by atoms with Crippen molar-refractivity contribution in [2.45, 2.75) is 70.8 Å². The van der Waals surface area contributed by atoms with Gasteiger partial charge in [0.25, 0.3) is 0 Å². The SMILES string of the molecule is CC(C)(CCCl)NC(=O)C1CCC2CCCCC2C1. The van der Waals surface area contributed by atoms with Crippen LogP contribution in [0.15, 0.2) is 0 Å². The molecule has 2 saturated carbocycles. The number of hydrogen-bond donors (Lipinski definition) is 1. The van der Waals surface area contributed by atoms with E-state index in [9.17, 15) is 4.79 Å². The molecule has 0 aromatic heterocycles. The van der Waals surface area contributed by atoms with Crippen molar-refractivity contribution in [1.82, 2.24) is 5.32 Å². The first-order valence-electron chi connectivity index (χ1n) is 7.90. The van der Waals surface area contributed by atoms with Gasteiger partial charge in [-0.3, -0.25) is 4.79 Å². The van der Waals surface area contributed by atoms with Gasteiger partial charge in [0.15, 0.2) is 0 Å². The first kappa shape index (κ1) is 15.2. The second-order valence-electron chi connectivity index (χ2n) is 7.13. The Hall–Kier alpha value is -0.240. The molecule has 1 amide bonds. The Bertz CT molecular complexity index is 316. The Labute approximate surface area is 122 Å².